The lowest BCUT2D eigenvalue weighted by molar-refractivity contribution is -0.121. The molecule has 1 aromatic heterocycles. The van der Waals surface area contributed by atoms with Crippen LogP contribution >= 0.6 is 11.3 Å². The van der Waals surface area contributed by atoms with Gasteiger partial charge in [0.25, 0.3) is 5.91 Å². The van der Waals surface area contributed by atoms with Crippen molar-refractivity contribution in [3.8, 4) is 0 Å². The van der Waals surface area contributed by atoms with Gasteiger partial charge in [0, 0.05) is 24.8 Å². The summed E-state index contributed by atoms with van der Waals surface area (Å²) >= 11 is 1.34. The molecule has 3 rings (SSSR count). The number of rotatable bonds is 5. The number of aromatic nitrogens is 1. The van der Waals surface area contributed by atoms with Gasteiger partial charge in [0.05, 0.1) is 17.7 Å². The predicted octanol–water partition coefficient (Wildman–Crippen LogP) is 2.61. The number of amides is 4. The Hall–Kier alpha value is -2.78. The molecule has 0 saturated carbocycles. The molecule has 1 aromatic carbocycles. The predicted molar refractivity (Wildman–Crippen MR) is 117 cm³/mol. The highest BCUT2D eigenvalue weighted by Crippen LogP contribution is 2.16. The number of piperidine rings is 1. The number of nitrogens with one attached hydrogen (secondary N) is 3. The number of anilines is 1. The number of carbonyl (C=O) groups is 3. The first-order valence-corrected chi connectivity index (χ1v) is 10.8. The van der Waals surface area contributed by atoms with Crippen molar-refractivity contribution in [2.75, 3.05) is 25.0 Å². The van der Waals surface area contributed by atoms with E-state index in [-0.39, 0.29) is 24.4 Å². The van der Waals surface area contributed by atoms with Crippen LogP contribution in [0.3, 0.4) is 0 Å². The van der Waals surface area contributed by atoms with Gasteiger partial charge in [-0.1, -0.05) is 17.7 Å². The summed E-state index contributed by atoms with van der Waals surface area (Å²) < 4.78 is 0. The third-order valence-corrected chi connectivity index (χ3v) is 6.05. The first kappa shape index (κ1) is 21.9. The molecule has 4 amide bonds. The van der Waals surface area contributed by atoms with Crippen LogP contribution < -0.4 is 16.0 Å². The van der Waals surface area contributed by atoms with Crippen LogP contribution in [0.1, 0.15) is 39.3 Å². The summed E-state index contributed by atoms with van der Waals surface area (Å²) in [4.78, 5) is 43.4. The summed E-state index contributed by atoms with van der Waals surface area (Å²) in [6, 6.07) is 5.24. The highest BCUT2D eigenvalue weighted by Gasteiger charge is 2.24. The van der Waals surface area contributed by atoms with Crippen LogP contribution in [0.2, 0.25) is 0 Å². The molecule has 160 valence electrons. The fourth-order valence-corrected chi connectivity index (χ4v) is 4.19. The molecule has 8 nitrogen and oxygen atoms in total. The number of imide groups is 1. The Bertz CT molecular complexity index is 934. The summed E-state index contributed by atoms with van der Waals surface area (Å²) in [7, 11) is 0. The van der Waals surface area contributed by atoms with E-state index in [1.54, 1.807) is 5.51 Å². The van der Waals surface area contributed by atoms with Crippen molar-refractivity contribution in [2.24, 2.45) is 0 Å². The van der Waals surface area contributed by atoms with E-state index in [9.17, 15) is 14.4 Å². The maximum Gasteiger partial charge on any atom is 0.325 e. The van der Waals surface area contributed by atoms with Crippen LogP contribution in [0.4, 0.5) is 10.5 Å². The Morgan fingerprint density at radius 2 is 1.90 bits per heavy atom. The number of thiazole rings is 1. The van der Waals surface area contributed by atoms with Gasteiger partial charge < -0.3 is 10.6 Å². The standard InChI is InChI=1S/C21H27N5O3S/c1-13-4-5-17(14(2)10-13)24-21(29)25-18(27)11-26-8-6-16(7-9-26)23-20(28)19-15(3)22-12-30-19/h4-5,10,12,16H,6-9,11H2,1-3H3,(H,23,28)(H2,24,25,27,29). The molecular formula is C21H27N5O3S. The Labute approximate surface area is 180 Å². The van der Waals surface area contributed by atoms with Gasteiger partial charge in [-0.2, -0.15) is 0 Å². The summed E-state index contributed by atoms with van der Waals surface area (Å²) in [5.74, 6) is -0.436. The zero-order valence-corrected chi connectivity index (χ0v) is 18.3. The van der Waals surface area contributed by atoms with Crippen LogP contribution in [0.5, 0.6) is 0 Å². The Morgan fingerprint density at radius 3 is 2.53 bits per heavy atom. The molecule has 2 heterocycles. The number of hydrogen-bond donors (Lipinski definition) is 3. The van der Waals surface area contributed by atoms with Crippen molar-refractivity contribution in [2.45, 2.75) is 39.7 Å². The molecule has 0 atom stereocenters. The van der Waals surface area contributed by atoms with Crippen molar-refractivity contribution in [1.29, 1.82) is 0 Å². The molecule has 9 heteroatoms. The lowest BCUT2D eigenvalue weighted by Crippen LogP contribution is -2.48. The number of benzene rings is 1. The largest absolute Gasteiger partial charge is 0.348 e. The molecule has 0 aliphatic carbocycles. The molecular weight excluding hydrogens is 402 g/mol. The number of urea groups is 1. The van der Waals surface area contributed by atoms with Gasteiger partial charge in [0.2, 0.25) is 5.91 Å². The fraction of sp³-hybridized carbons (Fsp3) is 0.429. The molecule has 1 aliphatic rings. The number of aryl methyl sites for hydroxylation is 3. The first-order chi connectivity index (χ1) is 14.3. The van der Waals surface area contributed by atoms with Gasteiger partial charge in [-0.15, -0.1) is 11.3 Å². The highest BCUT2D eigenvalue weighted by molar-refractivity contribution is 7.11. The molecule has 3 N–H and O–H groups in total. The quantitative estimate of drug-likeness (QED) is 0.678. The second kappa shape index (κ2) is 9.82. The van der Waals surface area contributed by atoms with Crippen LogP contribution in [0.25, 0.3) is 0 Å². The minimum atomic E-state index is -0.533. The number of likely N-dealkylation sites (tertiary alicyclic amines) is 1. The zero-order valence-electron chi connectivity index (χ0n) is 17.4. The monoisotopic (exact) mass is 429 g/mol. The fourth-order valence-electron chi connectivity index (χ4n) is 3.48. The van der Waals surface area contributed by atoms with Crippen LogP contribution in [0.15, 0.2) is 23.7 Å². The smallest absolute Gasteiger partial charge is 0.325 e. The molecule has 0 radical (unpaired) electrons. The average molecular weight is 430 g/mol. The highest BCUT2D eigenvalue weighted by atomic mass is 32.1. The third kappa shape index (κ3) is 5.87. The van der Waals surface area contributed by atoms with Gasteiger partial charge in [0.1, 0.15) is 4.88 Å². The molecule has 1 saturated heterocycles. The molecule has 1 aliphatic heterocycles. The second-order valence-corrected chi connectivity index (χ2v) is 8.47. The van der Waals surface area contributed by atoms with E-state index in [0.717, 1.165) is 29.7 Å². The summed E-state index contributed by atoms with van der Waals surface area (Å²) in [6.45, 7) is 7.22. The molecule has 2 aromatic rings. The van der Waals surface area contributed by atoms with E-state index in [1.165, 1.54) is 11.3 Å². The second-order valence-electron chi connectivity index (χ2n) is 7.61. The molecule has 0 unspecified atom stereocenters. The third-order valence-electron chi connectivity index (χ3n) is 5.12. The van der Waals surface area contributed by atoms with Crippen LogP contribution in [-0.2, 0) is 4.79 Å². The maximum atomic E-state index is 12.3. The van der Waals surface area contributed by atoms with Gasteiger partial charge in [-0.3, -0.25) is 19.8 Å². The summed E-state index contributed by atoms with van der Waals surface area (Å²) in [5.41, 5.74) is 5.14. The van der Waals surface area contributed by atoms with E-state index in [0.29, 0.717) is 23.7 Å². The molecule has 1 fully saturated rings. The van der Waals surface area contributed by atoms with Gasteiger partial charge in [0.15, 0.2) is 0 Å². The van der Waals surface area contributed by atoms with Crippen molar-refractivity contribution >= 4 is 34.9 Å². The van der Waals surface area contributed by atoms with Crippen LogP contribution in [-0.4, -0.2) is 53.4 Å². The minimum Gasteiger partial charge on any atom is -0.348 e. The first-order valence-electron chi connectivity index (χ1n) is 9.93. The molecule has 0 bridgehead atoms. The lowest BCUT2D eigenvalue weighted by Gasteiger charge is -2.31. The number of nitrogens with zero attached hydrogens (tertiary/aromatic N) is 2. The molecule has 30 heavy (non-hydrogen) atoms. The summed E-state index contributed by atoms with van der Waals surface area (Å²) in [5, 5.41) is 8.14. The van der Waals surface area contributed by atoms with Gasteiger partial charge in [-0.25, -0.2) is 9.78 Å². The average Bonchev–Trinajstić information content (AvgIpc) is 3.11. The number of carbonyl (C=O) groups excluding carboxylic acids is 3. The SMILES string of the molecule is Cc1ccc(NC(=O)NC(=O)CN2CCC(NC(=O)c3scnc3C)CC2)c(C)c1. The molecule has 0 spiro atoms. The normalized spacial score (nSPS) is 14.9. The van der Waals surface area contributed by atoms with Crippen molar-refractivity contribution in [1.82, 2.24) is 20.5 Å². The number of hydrogen-bond acceptors (Lipinski definition) is 6. The Balaban J connectivity index is 1.40. The topological polar surface area (TPSA) is 103 Å². The maximum absolute atomic E-state index is 12.3. The van der Waals surface area contributed by atoms with Gasteiger partial charge in [-0.05, 0) is 45.2 Å². The Kier molecular flexibility index (Phi) is 7.17. The zero-order chi connectivity index (χ0) is 21.7. The lowest BCUT2D eigenvalue weighted by atomic mass is 10.0. The van der Waals surface area contributed by atoms with E-state index in [1.807, 2.05) is 43.9 Å². The van der Waals surface area contributed by atoms with Crippen molar-refractivity contribution < 1.29 is 14.4 Å². The van der Waals surface area contributed by atoms with Gasteiger partial charge >= 0.3 is 6.03 Å². The van der Waals surface area contributed by atoms with Crippen molar-refractivity contribution in [3.63, 3.8) is 0 Å². The van der Waals surface area contributed by atoms with Crippen LogP contribution in [0, 0.1) is 20.8 Å². The Morgan fingerprint density at radius 1 is 1.17 bits per heavy atom. The van der Waals surface area contributed by atoms with E-state index in [2.05, 4.69) is 20.9 Å². The van der Waals surface area contributed by atoms with E-state index >= 15 is 0 Å². The van der Waals surface area contributed by atoms with Crippen molar-refractivity contribution in [3.05, 3.63) is 45.4 Å². The minimum absolute atomic E-state index is 0.0751. The van der Waals surface area contributed by atoms with E-state index in [4.69, 9.17) is 0 Å². The summed E-state index contributed by atoms with van der Waals surface area (Å²) in [6.07, 6.45) is 1.51. The van der Waals surface area contributed by atoms with E-state index < -0.39 is 6.03 Å².